The summed E-state index contributed by atoms with van der Waals surface area (Å²) < 4.78 is 2.20. The molecule has 0 atom stereocenters. The van der Waals surface area contributed by atoms with Crippen LogP contribution < -0.4 is 10.2 Å². The van der Waals surface area contributed by atoms with Crippen LogP contribution in [0.2, 0.25) is 0 Å². The van der Waals surface area contributed by atoms with Crippen LogP contribution >= 0.6 is 0 Å². The summed E-state index contributed by atoms with van der Waals surface area (Å²) >= 11 is 0. The van der Waals surface area contributed by atoms with Gasteiger partial charge in [0.25, 0.3) is 5.91 Å². The van der Waals surface area contributed by atoms with Gasteiger partial charge in [-0.05, 0) is 61.9 Å². The smallest absolute Gasteiger partial charge is 0.257 e. The Labute approximate surface area is 196 Å². The molecule has 4 rings (SSSR count). The van der Waals surface area contributed by atoms with E-state index in [2.05, 4.69) is 74.3 Å². The molecule has 0 bridgehead atoms. The number of hydrogen-bond acceptors (Lipinski definition) is 5. The molecule has 33 heavy (non-hydrogen) atoms. The molecule has 1 amide bonds. The van der Waals surface area contributed by atoms with E-state index in [4.69, 9.17) is 0 Å². The van der Waals surface area contributed by atoms with Gasteiger partial charge in [0, 0.05) is 65.4 Å². The summed E-state index contributed by atoms with van der Waals surface area (Å²) in [7, 11) is 3.52. The van der Waals surface area contributed by atoms with Gasteiger partial charge in [0.05, 0.1) is 16.9 Å². The lowest BCUT2D eigenvalue weighted by atomic mass is 10.1. The first-order valence-corrected chi connectivity index (χ1v) is 11.6. The summed E-state index contributed by atoms with van der Waals surface area (Å²) in [6.45, 7) is 8.11. The molecule has 0 unspecified atom stereocenters. The molecule has 0 saturated carbocycles. The minimum Gasteiger partial charge on any atom is -0.369 e. The molecule has 3 aromatic rings. The van der Waals surface area contributed by atoms with Crippen molar-refractivity contribution in [3.63, 3.8) is 0 Å². The van der Waals surface area contributed by atoms with Crippen molar-refractivity contribution < 1.29 is 4.79 Å². The SMILES string of the molecule is Cc1ccc(N2CCN(CCCNc3ncccc3C(=O)N(C)C)CC2)c(-n2cccc2)c1. The van der Waals surface area contributed by atoms with Crippen molar-refractivity contribution in [1.29, 1.82) is 0 Å². The molecular formula is C26H34N6O. The average molecular weight is 447 g/mol. The maximum absolute atomic E-state index is 12.3. The number of aryl methyl sites for hydroxylation is 1. The van der Waals surface area contributed by atoms with Crippen molar-refractivity contribution in [2.45, 2.75) is 13.3 Å². The molecule has 1 fully saturated rings. The van der Waals surface area contributed by atoms with Gasteiger partial charge in [-0.2, -0.15) is 0 Å². The highest BCUT2D eigenvalue weighted by molar-refractivity contribution is 5.98. The minimum absolute atomic E-state index is 0.0305. The number of carbonyl (C=O) groups is 1. The summed E-state index contributed by atoms with van der Waals surface area (Å²) in [6, 6.07) is 14.5. The number of carbonyl (C=O) groups excluding carboxylic acids is 1. The number of nitrogens with one attached hydrogen (secondary N) is 1. The van der Waals surface area contributed by atoms with Crippen LogP contribution in [0.15, 0.2) is 61.1 Å². The predicted octanol–water partition coefficient (Wildman–Crippen LogP) is 3.51. The van der Waals surface area contributed by atoms with E-state index in [0.29, 0.717) is 11.4 Å². The molecule has 2 aromatic heterocycles. The van der Waals surface area contributed by atoms with Crippen LogP contribution in [0, 0.1) is 6.92 Å². The fraction of sp³-hybridized carbons (Fsp3) is 0.385. The van der Waals surface area contributed by atoms with Crippen LogP contribution in [0.25, 0.3) is 5.69 Å². The minimum atomic E-state index is -0.0305. The lowest BCUT2D eigenvalue weighted by Crippen LogP contribution is -2.47. The number of piperazine rings is 1. The standard InChI is InChI=1S/C26H34N6O/c1-21-9-10-23(24(20-21)31-14-4-5-15-31)32-18-16-30(17-19-32)13-7-12-28-25-22(8-6-11-27-25)26(33)29(2)3/h4-6,8-11,14-15,20H,7,12-13,16-19H2,1-3H3,(H,27,28). The van der Waals surface area contributed by atoms with Crippen molar-refractivity contribution in [3.05, 3.63) is 72.2 Å². The number of hydrogen-bond donors (Lipinski definition) is 1. The summed E-state index contributed by atoms with van der Waals surface area (Å²) in [5.74, 6) is 0.634. The number of pyridine rings is 1. The van der Waals surface area contributed by atoms with Crippen LogP contribution in [-0.4, -0.2) is 78.6 Å². The van der Waals surface area contributed by atoms with Crippen molar-refractivity contribution in [3.8, 4) is 5.69 Å². The number of rotatable bonds is 8. The quantitative estimate of drug-likeness (QED) is 0.537. The maximum atomic E-state index is 12.3. The Morgan fingerprint density at radius 1 is 1.03 bits per heavy atom. The second-order valence-electron chi connectivity index (χ2n) is 8.79. The number of aromatic nitrogens is 2. The molecule has 0 radical (unpaired) electrons. The van der Waals surface area contributed by atoms with Crippen LogP contribution in [0.3, 0.4) is 0 Å². The molecule has 0 aliphatic carbocycles. The summed E-state index contributed by atoms with van der Waals surface area (Å²) in [4.78, 5) is 23.3. The van der Waals surface area contributed by atoms with Crippen molar-refractivity contribution >= 4 is 17.4 Å². The average Bonchev–Trinajstić information content (AvgIpc) is 3.37. The first-order valence-electron chi connectivity index (χ1n) is 11.6. The van der Waals surface area contributed by atoms with Crippen LogP contribution in [-0.2, 0) is 0 Å². The monoisotopic (exact) mass is 446 g/mol. The van der Waals surface area contributed by atoms with Crippen LogP contribution in [0.5, 0.6) is 0 Å². The number of benzene rings is 1. The van der Waals surface area contributed by atoms with E-state index in [-0.39, 0.29) is 5.91 Å². The molecule has 1 N–H and O–H groups in total. The van der Waals surface area contributed by atoms with Gasteiger partial charge >= 0.3 is 0 Å². The van der Waals surface area contributed by atoms with Gasteiger partial charge in [-0.3, -0.25) is 9.69 Å². The highest BCUT2D eigenvalue weighted by Gasteiger charge is 2.20. The summed E-state index contributed by atoms with van der Waals surface area (Å²) in [6.07, 6.45) is 6.95. The summed E-state index contributed by atoms with van der Waals surface area (Å²) in [5.41, 5.74) is 4.44. The Morgan fingerprint density at radius 2 is 1.79 bits per heavy atom. The van der Waals surface area contributed by atoms with Crippen LogP contribution in [0.4, 0.5) is 11.5 Å². The molecule has 1 saturated heterocycles. The van der Waals surface area contributed by atoms with Crippen molar-refractivity contribution in [2.24, 2.45) is 0 Å². The van der Waals surface area contributed by atoms with Gasteiger partial charge in [0.15, 0.2) is 0 Å². The van der Waals surface area contributed by atoms with E-state index in [1.54, 1.807) is 31.3 Å². The maximum Gasteiger partial charge on any atom is 0.257 e. The van der Waals surface area contributed by atoms with E-state index in [1.165, 1.54) is 16.9 Å². The van der Waals surface area contributed by atoms with E-state index in [0.717, 1.165) is 45.7 Å². The predicted molar refractivity (Wildman–Crippen MR) is 135 cm³/mol. The third kappa shape index (κ3) is 5.54. The van der Waals surface area contributed by atoms with Gasteiger partial charge in [-0.25, -0.2) is 4.98 Å². The molecule has 1 aliphatic heterocycles. The molecule has 3 heterocycles. The molecular weight excluding hydrogens is 412 g/mol. The molecule has 7 heteroatoms. The zero-order valence-electron chi connectivity index (χ0n) is 19.9. The molecule has 174 valence electrons. The fourth-order valence-corrected chi connectivity index (χ4v) is 4.28. The Bertz CT molecular complexity index is 1050. The Morgan fingerprint density at radius 3 is 2.52 bits per heavy atom. The first-order chi connectivity index (χ1) is 16.0. The third-order valence-corrected chi connectivity index (χ3v) is 6.11. The zero-order chi connectivity index (χ0) is 23.2. The fourth-order valence-electron chi connectivity index (χ4n) is 4.28. The molecule has 1 aliphatic rings. The van der Waals surface area contributed by atoms with Crippen molar-refractivity contribution in [1.82, 2.24) is 19.4 Å². The molecule has 0 spiro atoms. The van der Waals surface area contributed by atoms with Gasteiger partial charge in [0.1, 0.15) is 5.82 Å². The van der Waals surface area contributed by atoms with E-state index >= 15 is 0 Å². The van der Waals surface area contributed by atoms with Gasteiger partial charge in [0.2, 0.25) is 0 Å². The third-order valence-electron chi connectivity index (χ3n) is 6.11. The topological polar surface area (TPSA) is 56.6 Å². The largest absolute Gasteiger partial charge is 0.369 e. The highest BCUT2D eigenvalue weighted by atomic mass is 16.2. The molecule has 1 aromatic carbocycles. The Balaban J connectivity index is 1.28. The Hall–Kier alpha value is -3.32. The van der Waals surface area contributed by atoms with Gasteiger partial charge < -0.3 is 19.7 Å². The first kappa shape index (κ1) is 22.9. The van der Waals surface area contributed by atoms with Gasteiger partial charge in [-0.1, -0.05) is 6.07 Å². The van der Waals surface area contributed by atoms with Crippen molar-refractivity contribution in [2.75, 3.05) is 63.6 Å². The second kappa shape index (κ2) is 10.5. The Kier molecular flexibility index (Phi) is 7.29. The molecule has 7 nitrogen and oxygen atoms in total. The van der Waals surface area contributed by atoms with E-state index < -0.39 is 0 Å². The summed E-state index contributed by atoms with van der Waals surface area (Å²) in [5, 5.41) is 3.35. The lowest BCUT2D eigenvalue weighted by molar-refractivity contribution is 0.0828. The highest BCUT2D eigenvalue weighted by Crippen LogP contribution is 2.27. The van der Waals surface area contributed by atoms with E-state index in [9.17, 15) is 4.79 Å². The van der Waals surface area contributed by atoms with E-state index in [1.807, 2.05) is 6.07 Å². The van der Waals surface area contributed by atoms with Gasteiger partial charge in [-0.15, -0.1) is 0 Å². The zero-order valence-corrected chi connectivity index (χ0v) is 19.9. The number of amides is 1. The number of nitrogens with zero attached hydrogens (tertiary/aromatic N) is 5. The second-order valence-corrected chi connectivity index (χ2v) is 8.79. The lowest BCUT2D eigenvalue weighted by Gasteiger charge is -2.37. The van der Waals surface area contributed by atoms with Crippen LogP contribution in [0.1, 0.15) is 22.3 Å². The number of anilines is 2. The normalized spacial score (nSPS) is 14.3.